The standard InChI is InChI=1S/C13H13IO4/c1-8-9(6-12(18-8)13(15)16)7-17-11-4-2-10(14)3-5-11/h2-6,8-9H,7H2,1H3,(H,15,16). The van der Waals surface area contributed by atoms with E-state index in [1.807, 2.05) is 31.2 Å². The van der Waals surface area contributed by atoms with Crippen LogP contribution in [0.3, 0.4) is 0 Å². The molecule has 0 bridgehead atoms. The third-order valence-electron chi connectivity index (χ3n) is 2.75. The summed E-state index contributed by atoms with van der Waals surface area (Å²) in [6.45, 7) is 2.26. The van der Waals surface area contributed by atoms with Crippen molar-refractivity contribution in [3.8, 4) is 5.75 Å². The van der Waals surface area contributed by atoms with Crippen LogP contribution in [0.5, 0.6) is 5.75 Å². The van der Waals surface area contributed by atoms with E-state index in [1.165, 1.54) is 0 Å². The molecule has 0 aromatic heterocycles. The minimum atomic E-state index is -1.03. The van der Waals surface area contributed by atoms with Gasteiger partial charge in [-0.2, -0.15) is 0 Å². The van der Waals surface area contributed by atoms with Crippen LogP contribution in [-0.2, 0) is 9.53 Å². The average molecular weight is 360 g/mol. The fourth-order valence-corrected chi connectivity index (χ4v) is 2.05. The zero-order valence-electron chi connectivity index (χ0n) is 9.80. The molecule has 0 amide bonds. The number of carboxylic acids is 1. The van der Waals surface area contributed by atoms with Crippen LogP contribution in [0.25, 0.3) is 0 Å². The fraction of sp³-hybridized carbons (Fsp3) is 0.308. The second-order valence-corrected chi connectivity index (χ2v) is 5.33. The molecule has 96 valence electrons. The molecule has 0 saturated carbocycles. The van der Waals surface area contributed by atoms with Crippen molar-refractivity contribution in [1.29, 1.82) is 0 Å². The van der Waals surface area contributed by atoms with E-state index < -0.39 is 5.97 Å². The highest BCUT2D eigenvalue weighted by atomic mass is 127. The Bertz CT molecular complexity index is 466. The maximum absolute atomic E-state index is 10.8. The van der Waals surface area contributed by atoms with Gasteiger partial charge in [-0.05, 0) is 59.9 Å². The lowest BCUT2D eigenvalue weighted by Gasteiger charge is -2.15. The Morgan fingerprint density at radius 2 is 2.11 bits per heavy atom. The van der Waals surface area contributed by atoms with Gasteiger partial charge in [-0.15, -0.1) is 0 Å². The summed E-state index contributed by atoms with van der Waals surface area (Å²) in [7, 11) is 0. The lowest BCUT2D eigenvalue weighted by Crippen LogP contribution is -2.19. The Morgan fingerprint density at radius 1 is 1.44 bits per heavy atom. The van der Waals surface area contributed by atoms with E-state index in [0.717, 1.165) is 9.32 Å². The monoisotopic (exact) mass is 360 g/mol. The summed E-state index contributed by atoms with van der Waals surface area (Å²) in [5.74, 6) is -0.271. The molecule has 1 aliphatic heterocycles. The number of halogens is 1. The molecular weight excluding hydrogens is 347 g/mol. The van der Waals surface area contributed by atoms with Crippen molar-refractivity contribution in [2.24, 2.45) is 5.92 Å². The number of benzene rings is 1. The molecule has 5 heteroatoms. The van der Waals surface area contributed by atoms with E-state index in [1.54, 1.807) is 6.08 Å². The van der Waals surface area contributed by atoms with E-state index in [9.17, 15) is 4.79 Å². The van der Waals surface area contributed by atoms with E-state index >= 15 is 0 Å². The molecule has 0 fully saturated rings. The van der Waals surface area contributed by atoms with Crippen molar-refractivity contribution in [1.82, 2.24) is 0 Å². The van der Waals surface area contributed by atoms with Crippen molar-refractivity contribution >= 4 is 28.6 Å². The maximum Gasteiger partial charge on any atom is 0.370 e. The SMILES string of the molecule is CC1OC(C(=O)O)=CC1COc1ccc(I)cc1. The number of rotatable bonds is 4. The smallest absolute Gasteiger partial charge is 0.370 e. The molecule has 0 saturated heterocycles. The topological polar surface area (TPSA) is 55.8 Å². The zero-order chi connectivity index (χ0) is 13.1. The fourth-order valence-electron chi connectivity index (χ4n) is 1.69. The van der Waals surface area contributed by atoms with Crippen molar-refractivity contribution in [3.63, 3.8) is 0 Å². The van der Waals surface area contributed by atoms with Gasteiger partial charge in [0.15, 0.2) is 0 Å². The number of carbonyl (C=O) groups is 1. The summed E-state index contributed by atoms with van der Waals surface area (Å²) in [5.41, 5.74) is 0. The van der Waals surface area contributed by atoms with Gasteiger partial charge in [0.2, 0.25) is 5.76 Å². The van der Waals surface area contributed by atoms with Crippen LogP contribution in [0.15, 0.2) is 36.1 Å². The molecule has 1 aromatic carbocycles. The molecule has 1 heterocycles. The van der Waals surface area contributed by atoms with E-state index in [2.05, 4.69) is 22.6 Å². The van der Waals surface area contributed by atoms with E-state index in [4.69, 9.17) is 14.6 Å². The highest BCUT2D eigenvalue weighted by Crippen LogP contribution is 2.24. The first-order valence-corrected chi connectivity index (χ1v) is 6.64. The summed E-state index contributed by atoms with van der Waals surface area (Å²) in [5, 5.41) is 8.83. The van der Waals surface area contributed by atoms with Crippen molar-refractivity contribution in [3.05, 3.63) is 39.7 Å². The normalized spacial score (nSPS) is 22.2. The molecule has 1 N–H and O–H groups in total. The van der Waals surface area contributed by atoms with Crippen LogP contribution in [0, 0.1) is 9.49 Å². The molecule has 1 aliphatic rings. The molecule has 0 spiro atoms. The molecule has 2 atom stereocenters. The van der Waals surface area contributed by atoms with Gasteiger partial charge in [-0.25, -0.2) is 4.79 Å². The number of hydrogen-bond acceptors (Lipinski definition) is 3. The van der Waals surface area contributed by atoms with Gasteiger partial charge >= 0.3 is 5.97 Å². The average Bonchev–Trinajstić information content (AvgIpc) is 2.70. The summed E-state index contributed by atoms with van der Waals surface area (Å²) >= 11 is 2.23. The minimum Gasteiger partial charge on any atom is -0.493 e. The third kappa shape index (κ3) is 3.16. The summed E-state index contributed by atoms with van der Waals surface area (Å²) in [4.78, 5) is 10.8. The van der Waals surface area contributed by atoms with Gasteiger partial charge in [0.1, 0.15) is 11.9 Å². The van der Waals surface area contributed by atoms with Gasteiger partial charge in [-0.1, -0.05) is 0 Å². The van der Waals surface area contributed by atoms with Gasteiger partial charge in [0.05, 0.1) is 12.5 Å². The Hall–Kier alpha value is -1.24. The lowest BCUT2D eigenvalue weighted by molar-refractivity contribution is -0.137. The van der Waals surface area contributed by atoms with Gasteiger partial charge in [-0.3, -0.25) is 0 Å². The van der Waals surface area contributed by atoms with Crippen molar-refractivity contribution in [2.45, 2.75) is 13.0 Å². The van der Waals surface area contributed by atoms with Crippen LogP contribution in [-0.4, -0.2) is 23.8 Å². The number of aliphatic carboxylic acids is 1. The number of carboxylic acid groups (broad SMARTS) is 1. The molecule has 18 heavy (non-hydrogen) atoms. The third-order valence-corrected chi connectivity index (χ3v) is 3.47. The summed E-state index contributed by atoms with van der Waals surface area (Å²) in [6.07, 6.45) is 1.44. The molecule has 2 rings (SSSR count). The molecule has 0 aliphatic carbocycles. The molecule has 1 aromatic rings. The maximum atomic E-state index is 10.8. The molecule has 4 nitrogen and oxygen atoms in total. The first kappa shape index (κ1) is 13.2. The van der Waals surface area contributed by atoms with Crippen LogP contribution in [0.2, 0.25) is 0 Å². The molecule has 0 radical (unpaired) electrons. The minimum absolute atomic E-state index is 0.0127. The van der Waals surface area contributed by atoms with Crippen LogP contribution < -0.4 is 4.74 Å². The number of hydrogen-bond donors (Lipinski definition) is 1. The highest BCUT2D eigenvalue weighted by Gasteiger charge is 2.29. The number of ether oxygens (including phenoxy) is 2. The predicted octanol–water partition coefficient (Wildman–Crippen LogP) is 2.67. The second kappa shape index (κ2) is 5.60. The van der Waals surface area contributed by atoms with Crippen molar-refractivity contribution in [2.75, 3.05) is 6.61 Å². The molecule has 2 unspecified atom stereocenters. The Balaban J connectivity index is 1.94. The summed E-state index contributed by atoms with van der Waals surface area (Å²) in [6, 6.07) is 7.71. The largest absolute Gasteiger partial charge is 0.493 e. The highest BCUT2D eigenvalue weighted by molar-refractivity contribution is 14.1. The Morgan fingerprint density at radius 3 is 2.67 bits per heavy atom. The quantitative estimate of drug-likeness (QED) is 0.839. The first-order chi connectivity index (χ1) is 8.56. The van der Waals surface area contributed by atoms with Crippen LogP contribution >= 0.6 is 22.6 Å². The zero-order valence-corrected chi connectivity index (χ0v) is 12.0. The van der Waals surface area contributed by atoms with Gasteiger partial charge < -0.3 is 14.6 Å². The van der Waals surface area contributed by atoms with Crippen LogP contribution in [0.1, 0.15) is 6.92 Å². The molecular formula is C13H13IO4. The Kier molecular flexibility index (Phi) is 4.11. The lowest BCUT2D eigenvalue weighted by atomic mass is 10.1. The summed E-state index contributed by atoms with van der Waals surface area (Å²) < 4.78 is 12.0. The van der Waals surface area contributed by atoms with E-state index in [0.29, 0.717) is 6.61 Å². The Labute approximate surface area is 119 Å². The van der Waals surface area contributed by atoms with Crippen molar-refractivity contribution < 1.29 is 19.4 Å². The predicted molar refractivity (Wildman–Crippen MR) is 74.4 cm³/mol. The van der Waals surface area contributed by atoms with E-state index in [-0.39, 0.29) is 17.8 Å². The van der Waals surface area contributed by atoms with Gasteiger partial charge in [0, 0.05) is 3.57 Å². The van der Waals surface area contributed by atoms with Crippen LogP contribution in [0.4, 0.5) is 0 Å². The second-order valence-electron chi connectivity index (χ2n) is 4.09. The van der Waals surface area contributed by atoms with Gasteiger partial charge in [0.25, 0.3) is 0 Å². The first-order valence-electron chi connectivity index (χ1n) is 5.56.